The summed E-state index contributed by atoms with van der Waals surface area (Å²) in [7, 11) is 0. The zero-order valence-corrected chi connectivity index (χ0v) is 14.5. The van der Waals surface area contributed by atoms with Gasteiger partial charge in [0, 0.05) is 12.6 Å². The number of amides is 1. The lowest BCUT2D eigenvalue weighted by molar-refractivity contribution is -0.124. The zero-order chi connectivity index (χ0) is 17.3. The first-order valence-electron chi connectivity index (χ1n) is 8.62. The van der Waals surface area contributed by atoms with Gasteiger partial charge in [0.1, 0.15) is 6.54 Å². The molecule has 1 N–H and O–H groups in total. The first kappa shape index (κ1) is 16.8. The highest BCUT2D eigenvalue weighted by Gasteiger charge is 2.26. The van der Waals surface area contributed by atoms with E-state index < -0.39 is 0 Å². The second kappa shape index (κ2) is 6.81. The van der Waals surface area contributed by atoms with Crippen LogP contribution in [0, 0.1) is 0 Å². The molecule has 1 amide bonds. The monoisotopic (exact) mass is 331 g/mol. The molecular formula is C18H25N3O3. The standard InChI is InChI=1S/C18H25N3O3/c1-4-20-15-7-5-6-8-16(15)21(18(20)23)11-17(22)19-14-9-12(2)24-13(3)10-14/h5-8,12-14H,4,9-11H2,1-3H3,(H,19,22). The van der Waals surface area contributed by atoms with Gasteiger partial charge in [-0.2, -0.15) is 0 Å². The molecule has 2 heterocycles. The second-order valence-electron chi connectivity index (χ2n) is 6.59. The zero-order valence-electron chi connectivity index (χ0n) is 14.5. The molecule has 130 valence electrons. The number of fused-ring (bicyclic) bond motifs is 1. The number of benzene rings is 1. The maximum Gasteiger partial charge on any atom is 0.329 e. The van der Waals surface area contributed by atoms with E-state index in [0.29, 0.717) is 6.54 Å². The van der Waals surface area contributed by atoms with Crippen LogP contribution in [0.1, 0.15) is 33.6 Å². The molecule has 1 aromatic carbocycles. The lowest BCUT2D eigenvalue weighted by Crippen LogP contribution is -2.45. The number of aryl methyl sites for hydroxylation is 1. The lowest BCUT2D eigenvalue weighted by atomic mass is 10.00. The summed E-state index contributed by atoms with van der Waals surface area (Å²) in [4.78, 5) is 25.0. The van der Waals surface area contributed by atoms with E-state index in [0.717, 1.165) is 23.9 Å². The van der Waals surface area contributed by atoms with Gasteiger partial charge in [0.25, 0.3) is 0 Å². The van der Waals surface area contributed by atoms with Crippen LogP contribution in [-0.2, 0) is 22.6 Å². The quantitative estimate of drug-likeness (QED) is 0.930. The molecule has 6 heteroatoms. The molecule has 1 aliphatic heterocycles. The number of hydrogen-bond donors (Lipinski definition) is 1. The highest BCUT2D eigenvalue weighted by molar-refractivity contribution is 5.81. The Bertz CT molecular complexity index is 782. The number of hydrogen-bond acceptors (Lipinski definition) is 3. The SMILES string of the molecule is CCn1c(=O)n(CC(=O)NC2CC(C)OC(C)C2)c2ccccc21. The average molecular weight is 331 g/mol. The van der Waals surface area contributed by atoms with Gasteiger partial charge in [-0.1, -0.05) is 12.1 Å². The van der Waals surface area contributed by atoms with E-state index in [2.05, 4.69) is 5.32 Å². The van der Waals surface area contributed by atoms with Crippen molar-refractivity contribution in [2.24, 2.45) is 0 Å². The van der Waals surface area contributed by atoms with Crippen LogP contribution in [-0.4, -0.2) is 33.3 Å². The van der Waals surface area contributed by atoms with Crippen molar-refractivity contribution < 1.29 is 9.53 Å². The van der Waals surface area contributed by atoms with Crippen molar-refractivity contribution >= 4 is 16.9 Å². The predicted octanol–water partition coefficient (Wildman–Crippen LogP) is 1.90. The van der Waals surface area contributed by atoms with E-state index in [1.54, 1.807) is 9.13 Å². The van der Waals surface area contributed by atoms with Crippen LogP contribution in [0.15, 0.2) is 29.1 Å². The van der Waals surface area contributed by atoms with Gasteiger partial charge in [0.2, 0.25) is 5.91 Å². The molecule has 0 aliphatic carbocycles. The van der Waals surface area contributed by atoms with Gasteiger partial charge < -0.3 is 10.1 Å². The Morgan fingerprint density at radius 2 is 1.75 bits per heavy atom. The fraction of sp³-hybridized carbons (Fsp3) is 0.556. The topological polar surface area (TPSA) is 65.3 Å². The van der Waals surface area contributed by atoms with Crippen LogP contribution in [0.5, 0.6) is 0 Å². The number of imidazole rings is 1. The Hall–Kier alpha value is -2.08. The highest BCUT2D eigenvalue weighted by atomic mass is 16.5. The molecular weight excluding hydrogens is 306 g/mol. The number of aromatic nitrogens is 2. The molecule has 0 radical (unpaired) electrons. The predicted molar refractivity (Wildman–Crippen MR) is 93.0 cm³/mol. The van der Waals surface area contributed by atoms with Gasteiger partial charge in [-0.15, -0.1) is 0 Å². The summed E-state index contributed by atoms with van der Waals surface area (Å²) in [5.41, 5.74) is 1.53. The van der Waals surface area contributed by atoms with Crippen LogP contribution in [0.2, 0.25) is 0 Å². The third-order valence-corrected chi connectivity index (χ3v) is 4.61. The second-order valence-corrected chi connectivity index (χ2v) is 6.59. The molecule has 2 unspecified atom stereocenters. The Morgan fingerprint density at radius 3 is 2.33 bits per heavy atom. The first-order chi connectivity index (χ1) is 11.5. The van der Waals surface area contributed by atoms with Gasteiger partial charge in [-0.3, -0.25) is 13.9 Å². The van der Waals surface area contributed by atoms with Crippen molar-refractivity contribution in [2.45, 2.75) is 65.0 Å². The van der Waals surface area contributed by atoms with E-state index in [1.165, 1.54) is 0 Å². The molecule has 6 nitrogen and oxygen atoms in total. The summed E-state index contributed by atoms with van der Waals surface area (Å²) < 4.78 is 8.95. The maximum absolute atomic E-state index is 12.6. The van der Waals surface area contributed by atoms with Crippen molar-refractivity contribution in [2.75, 3.05) is 0 Å². The van der Waals surface area contributed by atoms with E-state index in [4.69, 9.17) is 4.74 Å². The minimum Gasteiger partial charge on any atom is -0.375 e. The molecule has 3 rings (SSSR count). The number of ether oxygens (including phenoxy) is 1. The molecule has 2 atom stereocenters. The fourth-order valence-corrected chi connectivity index (χ4v) is 3.67. The number of para-hydroxylation sites is 2. The summed E-state index contributed by atoms with van der Waals surface area (Å²) >= 11 is 0. The number of rotatable bonds is 4. The summed E-state index contributed by atoms with van der Waals surface area (Å²) in [5, 5.41) is 3.06. The molecule has 2 aromatic rings. The molecule has 1 saturated heterocycles. The molecule has 1 fully saturated rings. The fourth-order valence-electron chi connectivity index (χ4n) is 3.67. The van der Waals surface area contributed by atoms with Crippen molar-refractivity contribution in [1.82, 2.24) is 14.5 Å². The average Bonchev–Trinajstić information content (AvgIpc) is 2.78. The molecule has 1 aromatic heterocycles. The van der Waals surface area contributed by atoms with Gasteiger partial charge in [0.15, 0.2) is 0 Å². The van der Waals surface area contributed by atoms with Crippen molar-refractivity contribution in [3.63, 3.8) is 0 Å². The molecule has 0 bridgehead atoms. The molecule has 0 spiro atoms. The minimum absolute atomic E-state index is 0.0481. The lowest BCUT2D eigenvalue weighted by Gasteiger charge is -2.32. The number of nitrogens with one attached hydrogen (secondary N) is 1. The Kier molecular flexibility index (Phi) is 4.76. The van der Waals surface area contributed by atoms with Gasteiger partial charge >= 0.3 is 5.69 Å². The number of nitrogens with zero attached hydrogens (tertiary/aromatic N) is 2. The van der Waals surface area contributed by atoms with Crippen LogP contribution in [0.25, 0.3) is 11.0 Å². The van der Waals surface area contributed by atoms with Gasteiger partial charge in [-0.25, -0.2) is 4.79 Å². The van der Waals surface area contributed by atoms with E-state index in [1.807, 2.05) is 45.0 Å². The Labute approximate surface area is 141 Å². The van der Waals surface area contributed by atoms with Crippen molar-refractivity contribution in [1.29, 1.82) is 0 Å². The van der Waals surface area contributed by atoms with E-state index in [9.17, 15) is 9.59 Å². The minimum atomic E-state index is -0.137. The molecule has 1 aliphatic rings. The third-order valence-electron chi connectivity index (χ3n) is 4.61. The number of carbonyl (C=O) groups excluding carboxylic acids is 1. The Morgan fingerprint density at radius 1 is 1.17 bits per heavy atom. The first-order valence-corrected chi connectivity index (χ1v) is 8.62. The summed E-state index contributed by atoms with van der Waals surface area (Å²) in [6, 6.07) is 7.69. The van der Waals surface area contributed by atoms with E-state index >= 15 is 0 Å². The largest absolute Gasteiger partial charge is 0.375 e. The third kappa shape index (κ3) is 3.24. The van der Waals surface area contributed by atoms with Gasteiger partial charge in [-0.05, 0) is 45.7 Å². The van der Waals surface area contributed by atoms with Crippen LogP contribution < -0.4 is 11.0 Å². The maximum atomic E-state index is 12.6. The van der Waals surface area contributed by atoms with Crippen LogP contribution >= 0.6 is 0 Å². The van der Waals surface area contributed by atoms with E-state index in [-0.39, 0.29) is 36.4 Å². The Balaban J connectivity index is 1.79. The van der Waals surface area contributed by atoms with Crippen molar-refractivity contribution in [3.05, 3.63) is 34.7 Å². The molecule has 0 saturated carbocycles. The number of carbonyl (C=O) groups is 1. The highest BCUT2D eigenvalue weighted by Crippen LogP contribution is 2.19. The summed E-state index contributed by atoms with van der Waals surface area (Å²) in [5.74, 6) is -0.123. The molecule has 24 heavy (non-hydrogen) atoms. The van der Waals surface area contributed by atoms with Crippen LogP contribution in [0.4, 0.5) is 0 Å². The normalized spacial score (nSPS) is 24.2. The summed E-state index contributed by atoms with van der Waals surface area (Å²) in [6.45, 7) is 6.61. The summed E-state index contributed by atoms with van der Waals surface area (Å²) in [6.07, 6.45) is 1.90. The van der Waals surface area contributed by atoms with Gasteiger partial charge in [0.05, 0.1) is 23.2 Å². The van der Waals surface area contributed by atoms with Crippen LogP contribution in [0.3, 0.4) is 0 Å². The smallest absolute Gasteiger partial charge is 0.329 e. The van der Waals surface area contributed by atoms with Crippen molar-refractivity contribution in [3.8, 4) is 0 Å².